The van der Waals surface area contributed by atoms with Crippen LogP contribution in [0.2, 0.25) is 0 Å². The maximum Gasteiger partial charge on any atom is 0.328 e. The van der Waals surface area contributed by atoms with E-state index in [-0.39, 0.29) is 0 Å². The highest BCUT2D eigenvalue weighted by Gasteiger charge is 2.22. The van der Waals surface area contributed by atoms with E-state index in [9.17, 15) is 9.59 Å². The summed E-state index contributed by atoms with van der Waals surface area (Å²) in [5.41, 5.74) is 2.75. The molecule has 1 saturated heterocycles. The number of nitrogens with zero attached hydrogens (tertiary/aromatic N) is 4. The number of aryl methyl sites for hydroxylation is 2. The van der Waals surface area contributed by atoms with E-state index in [0.717, 1.165) is 38.5 Å². The molecule has 35 heavy (non-hydrogen) atoms. The lowest BCUT2D eigenvalue weighted by Gasteiger charge is -2.36. The third-order valence-corrected chi connectivity index (χ3v) is 6.39. The molecular formula is C26H36N4O5. The average Bonchev–Trinajstić information content (AvgIpc) is 3.27. The standard InChI is InChI=1S/C22H32N4O.C4H4O4/c1-24(15-16-27-22-17-21-9-5-6-12-26(21)23-22)20-10-13-25(14-11-20)18-19-7-3-2-4-8-19;5-3(6)1-2-4(7)8/h2-4,7-8,17,20H,5-6,9-16,18H2,1H3;1-2H,(H,5,6)(H,7,8). The molecule has 1 aromatic carbocycles. The molecule has 0 aliphatic carbocycles. The van der Waals surface area contributed by atoms with Crippen LogP contribution in [0.4, 0.5) is 0 Å². The highest BCUT2D eigenvalue weighted by atomic mass is 16.5. The molecule has 0 amide bonds. The number of rotatable bonds is 9. The number of piperidine rings is 1. The second-order valence-electron chi connectivity index (χ2n) is 8.99. The van der Waals surface area contributed by atoms with Gasteiger partial charge < -0.3 is 14.9 Å². The number of carboxylic acid groups (broad SMARTS) is 2. The van der Waals surface area contributed by atoms with Gasteiger partial charge in [-0.3, -0.25) is 14.5 Å². The number of hydrogen-bond acceptors (Lipinski definition) is 6. The molecule has 0 radical (unpaired) electrons. The Kier molecular flexibility index (Phi) is 10.3. The lowest BCUT2D eigenvalue weighted by atomic mass is 10.0. The molecule has 2 aliphatic heterocycles. The lowest BCUT2D eigenvalue weighted by molar-refractivity contribution is -0.134. The summed E-state index contributed by atoms with van der Waals surface area (Å²) in [6, 6.07) is 13.6. The van der Waals surface area contributed by atoms with Gasteiger partial charge in [-0.1, -0.05) is 30.3 Å². The van der Waals surface area contributed by atoms with Crippen molar-refractivity contribution in [2.24, 2.45) is 0 Å². The third kappa shape index (κ3) is 9.18. The van der Waals surface area contributed by atoms with Crippen LogP contribution in [-0.2, 0) is 29.1 Å². The Balaban J connectivity index is 0.000000371. The van der Waals surface area contributed by atoms with E-state index in [1.54, 1.807) is 0 Å². The Labute approximate surface area is 206 Å². The topological polar surface area (TPSA) is 108 Å². The van der Waals surface area contributed by atoms with Crippen LogP contribution < -0.4 is 4.74 Å². The smallest absolute Gasteiger partial charge is 0.328 e. The summed E-state index contributed by atoms with van der Waals surface area (Å²) in [5, 5.41) is 20.2. The number of fused-ring (bicyclic) bond motifs is 1. The first-order chi connectivity index (χ1) is 16.9. The SMILES string of the molecule is CN(CCOc1cc2n(n1)CCCC2)C1CCN(Cc2ccccc2)CC1.O=C(O)C=CC(=O)O. The first-order valence-electron chi connectivity index (χ1n) is 12.2. The van der Waals surface area contributed by atoms with Crippen LogP contribution in [0.3, 0.4) is 0 Å². The predicted molar refractivity (Wildman–Crippen MR) is 132 cm³/mol. The van der Waals surface area contributed by atoms with Gasteiger partial charge in [-0.25, -0.2) is 9.59 Å². The maximum absolute atomic E-state index is 9.55. The zero-order valence-corrected chi connectivity index (χ0v) is 20.4. The van der Waals surface area contributed by atoms with Gasteiger partial charge in [0.05, 0.1) is 0 Å². The van der Waals surface area contributed by atoms with E-state index >= 15 is 0 Å². The molecule has 2 aliphatic rings. The maximum atomic E-state index is 9.55. The summed E-state index contributed by atoms with van der Waals surface area (Å²) >= 11 is 0. The van der Waals surface area contributed by atoms with Crippen LogP contribution in [0.25, 0.3) is 0 Å². The van der Waals surface area contributed by atoms with Gasteiger partial charge in [0.2, 0.25) is 5.88 Å². The molecule has 2 aromatic rings. The Hall–Kier alpha value is -3.17. The van der Waals surface area contributed by atoms with Crippen molar-refractivity contribution in [3.05, 3.63) is 59.8 Å². The van der Waals surface area contributed by atoms with E-state index in [0.29, 0.717) is 18.2 Å². The number of benzene rings is 1. The number of ether oxygens (including phenoxy) is 1. The summed E-state index contributed by atoms with van der Waals surface area (Å²) in [5.74, 6) is -1.71. The zero-order valence-electron chi connectivity index (χ0n) is 20.4. The molecule has 0 bridgehead atoms. The molecule has 0 spiro atoms. The minimum Gasteiger partial charge on any atom is -0.478 e. The van der Waals surface area contributed by atoms with E-state index in [1.165, 1.54) is 50.0 Å². The van der Waals surface area contributed by atoms with E-state index in [4.69, 9.17) is 14.9 Å². The van der Waals surface area contributed by atoms with Gasteiger partial charge in [-0.05, 0) is 57.8 Å². The number of carbonyl (C=O) groups is 2. The summed E-state index contributed by atoms with van der Waals surface area (Å²) in [4.78, 5) is 24.2. The second-order valence-corrected chi connectivity index (χ2v) is 8.99. The van der Waals surface area contributed by atoms with Gasteiger partial charge in [-0.15, -0.1) is 5.10 Å². The molecular weight excluding hydrogens is 448 g/mol. The highest BCUT2D eigenvalue weighted by molar-refractivity contribution is 5.89. The Morgan fingerprint density at radius 1 is 1.09 bits per heavy atom. The first kappa shape index (κ1) is 26.4. The minimum atomic E-state index is -1.26. The number of hydrogen-bond donors (Lipinski definition) is 2. The van der Waals surface area contributed by atoms with Crippen LogP contribution in [0.15, 0.2) is 48.6 Å². The van der Waals surface area contributed by atoms with Crippen LogP contribution >= 0.6 is 0 Å². The Morgan fingerprint density at radius 3 is 2.40 bits per heavy atom. The van der Waals surface area contributed by atoms with Gasteiger partial charge in [0, 0.05) is 49.6 Å². The van der Waals surface area contributed by atoms with Crippen molar-refractivity contribution in [1.29, 1.82) is 0 Å². The van der Waals surface area contributed by atoms with E-state index in [1.807, 2.05) is 0 Å². The molecule has 0 saturated carbocycles. The number of likely N-dealkylation sites (tertiary alicyclic amines) is 1. The van der Waals surface area contributed by atoms with Crippen LogP contribution in [0.5, 0.6) is 5.88 Å². The number of carboxylic acids is 2. The quantitative estimate of drug-likeness (QED) is 0.523. The third-order valence-electron chi connectivity index (χ3n) is 6.39. The summed E-state index contributed by atoms with van der Waals surface area (Å²) < 4.78 is 8.05. The number of aromatic nitrogens is 2. The van der Waals surface area contributed by atoms with Crippen molar-refractivity contribution in [3.8, 4) is 5.88 Å². The van der Waals surface area contributed by atoms with Crippen molar-refractivity contribution in [2.45, 2.75) is 51.2 Å². The molecule has 0 unspecified atom stereocenters. The fourth-order valence-electron chi connectivity index (χ4n) is 4.44. The van der Waals surface area contributed by atoms with Crippen molar-refractivity contribution in [1.82, 2.24) is 19.6 Å². The predicted octanol–water partition coefficient (Wildman–Crippen LogP) is 2.91. The van der Waals surface area contributed by atoms with Crippen LogP contribution in [-0.4, -0.2) is 81.1 Å². The molecule has 190 valence electrons. The normalized spacial score (nSPS) is 16.5. The molecule has 1 aromatic heterocycles. The molecule has 9 heteroatoms. The minimum absolute atomic E-state index is 0.558. The van der Waals surface area contributed by atoms with E-state index < -0.39 is 11.9 Å². The van der Waals surface area contributed by atoms with Crippen LogP contribution in [0, 0.1) is 0 Å². The molecule has 2 N–H and O–H groups in total. The highest BCUT2D eigenvalue weighted by Crippen LogP contribution is 2.20. The summed E-state index contributed by atoms with van der Waals surface area (Å²) in [6.07, 6.45) is 7.24. The molecule has 3 heterocycles. The Morgan fingerprint density at radius 2 is 1.77 bits per heavy atom. The van der Waals surface area contributed by atoms with E-state index in [2.05, 4.69) is 63.0 Å². The van der Waals surface area contributed by atoms with Crippen molar-refractivity contribution < 1.29 is 24.5 Å². The van der Waals surface area contributed by atoms with Gasteiger partial charge in [-0.2, -0.15) is 0 Å². The lowest BCUT2D eigenvalue weighted by Crippen LogP contribution is -2.44. The largest absolute Gasteiger partial charge is 0.478 e. The molecule has 0 atom stereocenters. The van der Waals surface area contributed by atoms with Crippen molar-refractivity contribution >= 4 is 11.9 Å². The van der Waals surface area contributed by atoms with Gasteiger partial charge >= 0.3 is 11.9 Å². The number of likely N-dealkylation sites (N-methyl/N-ethyl adjacent to an activating group) is 1. The fourth-order valence-corrected chi connectivity index (χ4v) is 4.44. The Bertz CT molecular complexity index is 928. The molecule has 4 rings (SSSR count). The van der Waals surface area contributed by atoms with Gasteiger partial charge in [0.1, 0.15) is 6.61 Å². The van der Waals surface area contributed by atoms with Crippen molar-refractivity contribution in [3.63, 3.8) is 0 Å². The molecule has 9 nitrogen and oxygen atoms in total. The first-order valence-corrected chi connectivity index (χ1v) is 12.2. The number of aliphatic carboxylic acids is 2. The average molecular weight is 485 g/mol. The summed E-state index contributed by atoms with van der Waals surface area (Å²) in [6.45, 7) is 6.16. The fraction of sp³-hybridized carbons (Fsp3) is 0.500. The van der Waals surface area contributed by atoms with Gasteiger partial charge in [0.25, 0.3) is 0 Å². The van der Waals surface area contributed by atoms with Crippen LogP contribution in [0.1, 0.15) is 36.9 Å². The van der Waals surface area contributed by atoms with Crippen molar-refractivity contribution in [2.75, 3.05) is 33.3 Å². The zero-order chi connectivity index (χ0) is 25.0. The molecule has 1 fully saturated rings. The summed E-state index contributed by atoms with van der Waals surface area (Å²) in [7, 11) is 2.24. The monoisotopic (exact) mass is 484 g/mol. The second kappa shape index (κ2) is 13.7. The van der Waals surface area contributed by atoms with Gasteiger partial charge in [0.15, 0.2) is 0 Å².